The Hall–Kier alpha value is -2.24. The summed E-state index contributed by atoms with van der Waals surface area (Å²) in [4.78, 5) is 5.83. The first-order valence-corrected chi connectivity index (χ1v) is 7.07. The third kappa shape index (κ3) is 3.32. The molecule has 3 rings (SSSR count). The van der Waals surface area contributed by atoms with Gasteiger partial charge in [-0.3, -0.25) is 4.98 Å². The molecule has 1 saturated heterocycles. The number of rotatable bonds is 3. The van der Waals surface area contributed by atoms with Crippen molar-refractivity contribution in [3.63, 3.8) is 0 Å². The first-order valence-electron chi connectivity index (χ1n) is 7.07. The number of benzene rings is 1. The molecule has 0 atom stereocenters. The van der Waals surface area contributed by atoms with Gasteiger partial charge in [0.1, 0.15) is 11.5 Å². The molecule has 0 unspecified atom stereocenters. The highest BCUT2D eigenvalue weighted by Crippen LogP contribution is 2.32. The van der Waals surface area contributed by atoms with E-state index < -0.39 is 11.7 Å². The van der Waals surface area contributed by atoms with Gasteiger partial charge >= 0.3 is 6.18 Å². The Bertz CT molecular complexity index is 652. The summed E-state index contributed by atoms with van der Waals surface area (Å²) in [7, 11) is 0. The third-order valence-corrected chi connectivity index (χ3v) is 3.57. The minimum Gasteiger partial charge on any atom is -0.456 e. The summed E-state index contributed by atoms with van der Waals surface area (Å²) in [5.74, 6) is 0.582. The van der Waals surface area contributed by atoms with Crippen molar-refractivity contribution in [3.8, 4) is 11.5 Å². The summed E-state index contributed by atoms with van der Waals surface area (Å²) in [5, 5.41) is 0. The maximum atomic E-state index is 12.7. The fraction of sp³-hybridized carbons (Fsp3) is 0.312. The van der Waals surface area contributed by atoms with Crippen LogP contribution in [0, 0.1) is 0 Å². The van der Waals surface area contributed by atoms with Gasteiger partial charge < -0.3 is 9.64 Å². The zero-order valence-electron chi connectivity index (χ0n) is 11.8. The summed E-state index contributed by atoms with van der Waals surface area (Å²) >= 11 is 0. The molecule has 0 radical (unpaired) electrons. The van der Waals surface area contributed by atoms with Gasteiger partial charge in [0.25, 0.3) is 0 Å². The van der Waals surface area contributed by atoms with Crippen LogP contribution in [0.25, 0.3) is 0 Å². The second-order valence-electron chi connectivity index (χ2n) is 5.20. The van der Waals surface area contributed by atoms with Crippen molar-refractivity contribution in [1.82, 2.24) is 4.98 Å². The quantitative estimate of drug-likeness (QED) is 0.835. The molecule has 1 aromatic heterocycles. The monoisotopic (exact) mass is 308 g/mol. The van der Waals surface area contributed by atoms with E-state index in [1.165, 1.54) is 6.20 Å². The first-order chi connectivity index (χ1) is 10.5. The van der Waals surface area contributed by atoms with Gasteiger partial charge in [0.15, 0.2) is 0 Å². The second kappa shape index (κ2) is 5.87. The van der Waals surface area contributed by atoms with Gasteiger partial charge in [0.05, 0.1) is 11.8 Å². The lowest BCUT2D eigenvalue weighted by Crippen LogP contribution is -2.17. The minimum atomic E-state index is -4.43. The van der Waals surface area contributed by atoms with Crippen molar-refractivity contribution in [2.45, 2.75) is 19.0 Å². The number of hydrogen-bond donors (Lipinski definition) is 0. The van der Waals surface area contributed by atoms with Gasteiger partial charge in [-0.1, -0.05) is 6.07 Å². The van der Waals surface area contributed by atoms with E-state index in [4.69, 9.17) is 4.74 Å². The van der Waals surface area contributed by atoms with Crippen LogP contribution >= 0.6 is 0 Å². The largest absolute Gasteiger partial charge is 0.456 e. The third-order valence-electron chi connectivity index (χ3n) is 3.57. The SMILES string of the molecule is FC(F)(F)c1cncc(Oc2cccc(N3CCCC3)c2)c1. The van der Waals surface area contributed by atoms with Crippen molar-refractivity contribution in [3.05, 3.63) is 48.3 Å². The number of nitrogens with zero attached hydrogens (tertiary/aromatic N) is 2. The molecular weight excluding hydrogens is 293 g/mol. The van der Waals surface area contributed by atoms with Gasteiger partial charge in [0.2, 0.25) is 0 Å². The smallest absolute Gasteiger partial charge is 0.418 e. The van der Waals surface area contributed by atoms with Crippen molar-refractivity contribution in [2.75, 3.05) is 18.0 Å². The van der Waals surface area contributed by atoms with E-state index >= 15 is 0 Å². The van der Waals surface area contributed by atoms with Crippen molar-refractivity contribution >= 4 is 5.69 Å². The van der Waals surface area contributed by atoms with E-state index in [1.54, 1.807) is 6.07 Å². The minimum absolute atomic E-state index is 0.0772. The molecule has 1 aliphatic heterocycles. The maximum absolute atomic E-state index is 12.7. The normalized spacial score (nSPS) is 15.1. The van der Waals surface area contributed by atoms with Crippen molar-refractivity contribution < 1.29 is 17.9 Å². The van der Waals surface area contributed by atoms with Crippen LogP contribution in [-0.2, 0) is 6.18 Å². The molecular formula is C16H15F3N2O. The van der Waals surface area contributed by atoms with Gasteiger partial charge in [-0.05, 0) is 31.0 Å². The Balaban J connectivity index is 1.80. The van der Waals surface area contributed by atoms with Crippen LogP contribution in [0.5, 0.6) is 11.5 Å². The fourth-order valence-electron chi connectivity index (χ4n) is 2.48. The molecule has 22 heavy (non-hydrogen) atoms. The van der Waals surface area contributed by atoms with E-state index in [2.05, 4.69) is 9.88 Å². The first kappa shape index (κ1) is 14.7. The molecule has 0 N–H and O–H groups in total. The molecule has 116 valence electrons. The van der Waals surface area contributed by atoms with Gasteiger partial charge in [-0.25, -0.2) is 0 Å². The topological polar surface area (TPSA) is 25.4 Å². The summed E-state index contributed by atoms with van der Waals surface area (Å²) < 4.78 is 43.5. The lowest BCUT2D eigenvalue weighted by molar-refractivity contribution is -0.137. The van der Waals surface area contributed by atoms with Gasteiger partial charge in [-0.15, -0.1) is 0 Å². The van der Waals surface area contributed by atoms with E-state index in [-0.39, 0.29) is 5.75 Å². The highest BCUT2D eigenvalue weighted by molar-refractivity contribution is 5.52. The number of pyridine rings is 1. The second-order valence-corrected chi connectivity index (χ2v) is 5.20. The zero-order chi connectivity index (χ0) is 15.6. The van der Waals surface area contributed by atoms with E-state index in [0.29, 0.717) is 5.75 Å². The van der Waals surface area contributed by atoms with Crippen LogP contribution in [0.4, 0.5) is 18.9 Å². The number of halogens is 3. The Morgan fingerprint density at radius 1 is 1.00 bits per heavy atom. The van der Waals surface area contributed by atoms with E-state index in [0.717, 1.165) is 43.9 Å². The summed E-state index contributed by atoms with van der Waals surface area (Å²) in [6.45, 7) is 1.99. The number of alkyl halides is 3. The van der Waals surface area contributed by atoms with Gasteiger partial charge in [-0.2, -0.15) is 13.2 Å². The predicted octanol–water partition coefficient (Wildman–Crippen LogP) is 4.49. The van der Waals surface area contributed by atoms with E-state index in [1.807, 2.05) is 18.2 Å². The van der Waals surface area contributed by atoms with Crippen LogP contribution < -0.4 is 9.64 Å². The maximum Gasteiger partial charge on any atom is 0.418 e. The molecule has 2 heterocycles. The standard InChI is InChI=1S/C16H15F3N2O/c17-16(18,19)12-8-15(11-20-10-12)22-14-5-3-4-13(9-14)21-6-1-2-7-21/h3-5,8-11H,1-2,6-7H2. The molecule has 0 amide bonds. The van der Waals surface area contributed by atoms with Crippen molar-refractivity contribution in [2.24, 2.45) is 0 Å². The lowest BCUT2D eigenvalue weighted by atomic mass is 10.2. The average Bonchev–Trinajstić information content (AvgIpc) is 3.01. The Kier molecular flexibility index (Phi) is 3.92. The molecule has 1 aliphatic rings. The van der Waals surface area contributed by atoms with Crippen LogP contribution in [0.2, 0.25) is 0 Å². The highest BCUT2D eigenvalue weighted by Gasteiger charge is 2.31. The van der Waals surface area contributed by atoms with Crippen LogP contribution in [-0.4, -0.2) is 18.1 Å². The zero-order valence-corrected chi connectivity index (χ0v) is 11.8. The number of anilines is 1. The Morgan fingerprint density at radius 3 is 2.50 bits per heavy atom. The molecule has 0 aliphatic carbocycles. The number of ether oxygens (including phenoxy) is 1. The summed E-state index contributed by atoms with van der Waals surface area (Å²) in [5.41, 5.74) is 0.204. The van der Waals surface area contributed by atoms with Crippen LogP contribution in [0.1, 0.15) is 18.4 Å². The predicted molar refractivity (Wildman–Crippen MR) is 77.2 cm³/mol. The van der Waals surface area contributed by atoms with Crippen molar-refractivity contribution in [1.29, 1.82) is 0 Å². The van der Waals surface area contributed by atoms with Gasteiger partial charge in [0, 0.05) is 31.0 Å². The Morgan fingerprint density at radius 2 is 1.77 bits per heavy atom. The lowest BCUT2D eigenvalue weighted by Gasteiger charge is -2.18. The Labute approximate surface area is 126 Å². The number of aromatic nitrogens is 1. The molecule has 0 saturated carbocycles. The molecule has 1 aromatic carbocycles. The fourth-order valence-corrected chi connectivity index (χ4v) is 2.48. The number of hydrogen-bond acceptors (Lipinski definition) is 3. The van der Waals surface area contributed by atoms with Crippen LogP contribution in [0.15, 0.2) is 42.7 Å². The molecule has 0 bridgehead atoms. The molecule has 3 nitrogen and oxygen atoms in total. The molecule has 2 aromatic rings. The molecule has 0 spiro atoms. The molecule has 6 heteroatoms. The van der Waals surface area contributed by atoms with E-state index in [9.17, 15) is 13.2 Å². The summed E-state index contributed by atoms with van der Waals surface area (Å²) in [6.07, 6.45) is -0.0552. The summed E-state index contributed by atoms with van der Waals surface area (Å²) in [6, 6.07) is 8.33. The highest BCUT2D eigenvalue weighted by atomic mass is 19.4. The van der Waals surface area contributed by atoms with Crippen LogP contribution in [0.3, 0.4) is 0 Å². The average molecular weight is 308 g/mol. The molecule has 1 fully saturated rings.